The molecule has 6 rings (SSSR count). The van der Waals surface area contributed by atoms with Gasteiger partial charge in [0.1, 0.15) is 17.3 Å². The number of hydrogen-bond donors (Lipinski definition) is 1. The number of hydrogen-bond acceptors (Lipinski definition) is 8. The second-order valence-electron chi connectivity index (χ2n) is 20.1. The van der Waals surface area contributed by atoms with Gasteiger partial charge in [-0.15, -0.1) is 0 Å². The Hall–Kier alpha value is -3.52. The van der Waals surface area contributed by atoms with Crippen molar-refractivity contribution in [3.63, 3.8) is 0 Å². The first-order valence-electron chi connectivity index (χ1n) is 22.9. The predicted octanol–water partition coefficient (Wildman–Crippen LogP) is 10.4. The lowest BCUT2D eigenvalue weighted by molar-refractivity contribution is -0.146. The average molecular weight is 813 g/mol. The molecule has 0 spiro atoms. The van der Waals surface area contributed by atoms with Crippen molar-refractivity contribution in [1.82, 2.24) is 0 Å². The Kier molecular flexibility index (Phi) is 13.9. The molecule has 4 aliphatic rings. The lowest BCUT2D eigenvalue weighted by Gasteiger charge is -2.56. The van der Waals surface area contributed by atoms with Crippen molar-refractivity contribution < 1.29 is 38.5 Å². The molecule has 0 heterocycles. The molecule has 2 aromatic rings. The number of ketones is 2. The number of aryl methyl sites for hydroxylation is 2. The van der Waals surface area contributed by atoms with Crippen molar-refractivity contribution in [2.45, 2.75) is 174 Å². The molecule has 0 aromatic heterocycles. The summed E-state index contributed by atoms with van der Waals surface area (Å²) in [7, 11) is 0. The molecule has 0 radical (unpaired) electrons. The quantitative estimate of drug-likeness (QED) is 0.0685. The van der Waals surface area contributed by atoms with E-state index in [-0.39, 0.29) is 65.8 Å². The summed E-state index contributed by atoms with van der Waals surface area (Å²) in [5.41, 5.74) is 6.14. The van der Waals surface area contributed by atoms with Gasteiger partial charge < -0.3 is 19.3 Å². The standard InChI is InChI=1S/C51H72O8/c1-33(2)37-27-35-15-17-43-48(5,40(35)29-39(37)47(56)59-26-10-9-23-52)19-13-21-50(43,7)45(54)31-46(55)51(8)22-14-20-49(6)41-30-42(58-25-12-11-24-57-32-53)38(34(3)4)28-36(41)16-18-44(49)51/h27-30,32-34,43-44,52H,9-26,31H2,1-8H3. The van der Waals surface area contributed by atoms with Gasteiger partial charge in [0.15, 0.2) is 0 Å². The van der Waals surface area contributed by atoms with Crippen molar-refractivity contribution in [2.75, 3.05) is 26.4 Å². The van der Waals surface area contributed by atoms with Crippen LogP contribution in [0.15, 0.2) is 24.3 Å². The Labute approximate surface area is 353 Å². The molecule has 8 heteroatoms. The van der Waals surface area contributed by atoms with Crippen LogP contribution in [0.5, 0.6) is 5.75 Å². The maximum atomic E-state index is 14.9. The van der Waals surface area contributed by atoms with Gasteiger partial charge in [-0.05, 0) is 157 Å². The van der Waals surface area contributed by atoms with Crippen LogP contribution in [0.2, 0.25) is 0 Å². The zero-order valence-electron chi connectivity index (χ0n) is 37.4. The normalized spacial score (nSPS) is 28.5. The SMILES string of the molecule is CC(C)c1cc2c(cc1OCCCCOC=O)C1(C)CCCC(C)(C(=O)CC(=O)C3(C)CCCC4(C)c5cc(C(=O)OCCCCO)c(C(C)C)cc5CCC34)C1CC2. The highest BCUT2D eigenvalue weighted by Gasteiger charge is 2.58. The highest BCUT2D eigenvalue weighted by atomic mass is 16.5. The third-order valence-corrected chi connectivity index (χ3v) is 15.8. The van der Waals surface area contributed by atoms with Gasteiger partial charge in [0, 0.05) is 17.4 Å². The fraction of sp³-hybridized carbons (Fsp3) is 0.686. The second kappa shape index (κ2) is 18.2. The van der Waals surface area contributed by atoms with E-state index in [1.807, 2.05) is 0 Å². The van der Waals surface area contributed by atoms with E-state index >= 15 is 0 Å². The summed E-state index contributed by atoms with van der Waals surface area (Å²) in [4.78, 5) is 54.0. The summed E-state index contributed by atoms with van der Waals surface area (Å²) in [6.45, 7) is 19.4. The first kappa shape index (κ1) is 45.0. The summed E-state index contributed by atoms with van der Waals surface area (Å²) >= 11 is 0. The summed E-state index contributed by atoms with van der Waals surface area (Å²) in [6.07, 6.45) is 11.6. The highest BCUT2D eigenvalue weighted by molar-refractivity contribution is 6.04. The van der Waals surface area contributed by atoms with Crippen LogP contribution in [-0.4, -0.2) is 55.5 Å². The average Bonchev–Trinajstić information content (AvgIpc) is 3.19. The van der Waals surface area contributed by atoms with Gasteiger partial charge in [-0.1, -0.05) is 80.4 Å². The minimum absolute atomic E-state index is 0.0297. The van der Waals surface area contributed by atoms with Crippen LogP contribution < -0.4 is 4.74 Å². The van der Waals surface area contributed by atoms with Crippen LogP contribution in [0, 0.1) is 22.7 Å². The number of esters is 1. The molecule has 8 nitrogen and oxygen atoms in total. The molecule has 4 aliphatic carbocycles. The van der Waals surface area contributed by atoms with E-state index in [9.17, 15) is 24.3 Å². The first-order chi connectivity index (χ1) is 28.0. The van der Waals surface area contributed by atoms with E-state index in [1.54, 1.807) is 0 Å². The van der Waals surface area contributed by atoms with Gasteiger partial charge >= 0.3 is 5.97 Å². The van der Waals surface area contributed by atoms with E-state index in [2.05, 4.69) is 79.7 Å². The molecule has 0 aliphatic heterocycles. The minimum Gasteiger partial charge on any atom is -0.493 e. The smallest absolute Gasteiger partial charge is 0.338 e. The van der Waals surface area contributed by atoms with E-state index in [4.69, 9.17) is 14.2 Å². The zero-order chi connectivity index (χ0) is 42.8. The van der Waals surface area contributed by atoms with Gasteiger partial charge in [-0.3, -0.25) is 14.4 Å². The molecule has 2 aromatic carbocycles. The largest absolute Gasteiger partial charge is 0.493 e. The van der Waals surface area contributed by atoms with Crippen LogP contribution in [0.4, 0.5) is 0 Å². The monoisotopic (exact) mass is 813 g/mol. The lowest BCUT2D eigenvalue weighted by atomic mass is 9.47. The fourth-order valence-electron chi connectivity index (χ4n) is 12.5. The summed E-state index contributed by atoms with van der Waals surface area (Å²) < 4.78 is 17.0. The molecular weight excluding hydrogens is 741 g/mol. The molecule has 324 valence electrons. The molecule has 59 heavy (non-hydrogen) atoms. The van der Waals surface area contributed by atoms with Crippen molar-refractivity contribution in [1.29, 1.82) is 0 Å². The maximum absolute atomic E-state index is 14.9. The molecule has 2 saturated carbocycles. The second-order valence-corrected chi connectivity index (χ2v) is 20.1. The van der Waals surface area contributed by atoms with Gasteiger partial charge in [-0.25, -0.2) is 4.79 Å². The Morgan fingerprint density at radius 2 is 1.24 bits per heavy atom. The van der Waals surface area contributed by atoms with Gasteiger partial charge in [0.25, 0.3) is 6.47 Å². The van der Waals surface area contributed by atoms with Gasteiger partial charge in [-0.2, -0.15) is 0 Å². The zero-order valence-corrected chi connectivity index (χ0v) is 37.4. The Balaban J connectivity index is 1.23. The molecule has 0 bridgehead atoms. The number of carbonyl (C=O) groups excluding carboxylic acids is 4. The number of aliphatic hydroxyl groups excluding tert-OH is 1. The Morgan fingerprint density at radius 3 is 1.78 bits per heavy atom. The predicted molar refractivity (Wildman–Crippen MR) is 231 cm³/mol. The maximum Gasteiger partial charge on any atom is 0.338 e. The van der Waals surface area contributed by atoms with Crippen molar-refractivity contribution in [3.05, 3.63) is 63.2 Å². The van der Waals surface area contributed by atoms with Crippen molar-refractivity contribution in [2.24, 2.45) is 22.7 Å². The summed E-state index contributed by atoms with van der Waals surface area (Å²) in [5.74, 6) is 1.42. The third-order valence-electron chi connectivity index (χ3n) is 15.8. The van der Waals surface area contributed by atoms with Crippen molar-refractivity contribution >= 4 is 24.0 Å². The van der Waals surface area contributed by atoms with E-state index in [0.29, 0.717) is 44.0 Å². The minimum atomic E-state index is -0.644. The topological polar surface area (TPSA) is 116 Å². The molecule has 2 fully saturated rings. The van der Waals surface area contributed by atoms with Crippen molar-refractivity contribution in [3.8, 4) is 5.75 Å². The number of ether oxygens (including phenoxy) is 3. The van der Waals surface area contributed by atoms with E-state index in [1.165, 1.54) is 22.3 Å². The summed E-state index contributed by atoms with van der Waals surface area (Å²) in [5, 5.41) is 9.21. The number of Topliss-reactive ketones (excluding diaryl/α,β-unsaturated/α-hetero) is 2. The Morgan fingerprint density at radius 1 is 0.712 bits per heavy atom. The van der Waals surface area contributed by atoms with Crippen LogP contribution in [-0.2, 0) is 47.5 Å². The van der Waals surface area contributed by atoms with E-state index in [0.717, 1.165) is 93.9 Å². The summed E-state index contributed by atoms with van der Waals surface area (Å²) in [6, 6.07) is 8.93. The van der Waals surface area contributed by atoms with E-state index < -0.39 is 10.8 Å². The van der Waals surface area contributed by atoms with Crippen LogP contribution >= 0.6 is 0 Å². The third kappa shape index (κ3) is 8.55. The van der Waals surface area contributed by atoms with Crippen LogP contribution in [0.25, 0.3) is 0 Å². The number of benzene rings is 2. The van der Waals surface area contributed by atoms with Gasteiger partial charge in [0.2, 0.25) is 0 Å². The number of unbranched alkanes of at least 4 members (excludes halogenated alkanes) is 2. The first-order valence-corrected chi connectivity index (χ1v) is 22.9. The van der Waals surface area contributed by atoms with Gasteiger partial charge in [0.05, 0.1) is 31.8 Å². The van der Waals surface area contributed by atoms with Crippen LogP contribution in [0.1, 0.15) is 194 Å². The molecule has 6 atom stereocenters. The lowest BCUT2D eigenvalue weighted by Crippen LogP contribution is -2.55. The number of rotatable bonds is 18. The number of fused-ring (bicyclic) bond motifs is 6. The van der Waals surface area contributed by atoms with Crippen LogP contribution in [0.3, 0.4) is 0 Å². The molecule has 0 saturated heterocycles. The number of aliphatic hydroxyl groups is 1. The fourth-order valence-corrected chi connectivity index (χ4v) is 12.5. The number of carbonyl (C=O) groups is 4. The highest BCUT2D eigenvalue weighted by Crippen LogP contribution is 2.61. The molecule has 0 amide bonds. The molecule has 1 N–H and O–H groups in total. The Bertz CT molecular complexity index is 1880. The molecule has 6 unspecified atom stereocenters. The molecular formula is C51H72O8.